The molecule has 0 aliphatic carbocycles. The number of tetrazole rings is 1. The predicted molar refractivity (Wildman–Crippen MR) is 145 cm³/mol. The van der Waals surface area contributed by atoms with Crippen molar-refractivity contribution in [1.82, 2.24) is 25.1 Å². The number of carbonyl (C=O) groups is 1. The van der Waals surface area contributed by atoms with Gasteiger partial charge in [-0.3, -0.25) is 0 Å². The number of ether oxygens (including phenoxy) is 2. The Kier molecular flexibility index (Phi) is 7.21. The SMILES string of the molecule is CC(C)(C)OC(=O)N1CCC2(C=C(c3ccc(-c4nnn(CCCCN)n4)cc3)c3ccccc3O2)CC1. The number of para-hydroxylation sites is 1. The minimum Gasteiger partial charge on any atom is -0.482 e. The lowest BCUT2D eigenvalue weighted by molar-refractivity contribution is -0.00115. The Labute approximate surface area is 223 Å². The Morgan fingerprint density at radius 1 is 1.05 bits per heavy atom. The zero-order valence-corrected chi connectivity index (χ0v) is 22.4. The molecule has 1 saturated heterocycles. The van der Waals surface area contributed by atoms with Gasteiger partial charge < -0.3 is 20.1 Å². The van der Waals surface area contributed by atoms with E-state index in [1.54, 1.807) is 9.70 Å². The highest BCUT2D eigenvalue weighted by molar-refractivity contribution is 5.85. The quantitative estimate of drug-likeness (QED) is 0.474. The summed E-state index contributed by atoms with van der Waals surface area (Å²) in [5.74, 6) is 1.47. The summed E-state index contributed by atoms with van der Waals surface area (Å²) in [4.78, 5) is 16.0. The van der Waals surface area contributed by atoms with Gasteiger partial charge in [0.2, 0.25) is 5.82 Å². The van der Waals surface area contributed by atoms with Crippen molar-refractivity contribution in [2.24, 2.45) is 5.73 Å². The summed E-state index contributed by atoms with van der Waals surface area (Å²) >= 11 is 0. The van der Waals surface area contributed by atoms with Crippen LogP contribution in [-0.2, 0) is 11.3 Å². The van der Waals surface area contributed by atoms with E-state index in [0.717, 1.165) is 40.9 Å². The van der Waals surface area contributed by atoms with Gasteiger partial charge in [-0.25, -0.2) is 4.79 Å². The van der Waals surface area contributed by atoms with E-state index in [4.69, 9.17) is 15.2 Å². The number of piperidine rings is 1. The van der Waals surface area contributed by atoms with Crippen LogP contribution in [0.3, 0.4) is 0 Å². The molecule has 1 spiro atoms. The van der Waals surface area contributed by atoms with Gasteiger partial charge >= 0.3 is 6.09 Å². The molecule has 2 aromatic carbocycles. The van der Waals surface area contributed by atoms with E-state index in [1.165, 1.54) is 0 Å². The third-order valence-corrected chi connectivity index (χ3v) is 6.88. The summed E-state index contributed by atoms with van der Waals surface area (Å²) in [6.45, 7) is 8.19. The van der Waals surface area contributed by atoms with Crippen molar-refractivity contribution in [1.29, 1.82) is 0 Å². The van der Waals surface area contributed by atoms with Gasteiger partial charge in [0.15, 0.2) is 0 Å². The molecule has 0 bridgehead atoms. The molecule has 1 fully saturated rings. The highest BCUT2D eigenvalue weighted by Gasteiger charge is 2.40. The summed E-state index contributed by atoms with van der Waals surface area (Å²) in [6, 6.07) is 16.4. The minimum atomic E-state index is -0.514. The van der Waals surface area contributed by atoms with Crippen LogP contribution in [0.4, 0.5) is 4.79 Å². The summed E-state index contributed by atoms with van der Waals surface area (Å²) in [5, 5.41) is 12.9. The van der Waals surface area contributed by atoms with Gasteiger partial charge in [-0.05, 0) is 68.6 Å². The third-order valence-electron chi connectivity index (χ3n) is 6.88. The van der Waals surface area contributed by atoms with Gasteiger partial charge in [-0.1, -0.05) is 42.5 Å². The monoisotopic (exact) mass is 516 g/mol. The van der Waals surface area contributed by atoms with Crippen LogP contribution in [0.15, 0.2) is 54.6 Å². The van der Waals surface area contributed by atoms with E-state index < -0.39 is 11.2 Å². The first kappa shape index (κ1) is 25.9. The molecule has 9 heteroatoms. The van der Waals surface area contributed by atoms with Crippen molar-refractivity contribution in [3.8, 4) is 17.1 Å². The standard InChI is InChI=1S/C29H36N6O3/c1-28(2,3)38-27(36)34-18-14-29(15-19-34)20-24(23-8-4-5-9-25(23)37-29)21-10-12-22(13-11-21)26-31-33-35(32-26)17-7-6-16-30/h4-5,8-13,20H,6-7,14-19,30H2,1-3H3. The second-order valence-electron chi connectivity index (χ2n) is 11.0. The smallest absolute Gasteiger partial charge is 0.410 e. The first-order chi connectivity index (χ1) is 18.3. The first-order valence-corrected chi connectivity index (χ1v) is 13.3. The van der Waals surface area contributed by atoms with Crippen LogP contribution in [0.1, 0.15) is 57.6 Å². The fourth-order valence-corrected chi connectivity index (χ4v) is 4.90. The van der Waals surface area contributed by atoms with Gasteiger partial charge in [-0.15, -0.1) is 10.2 Å². The van der Waals surface area contributed by atoms with E-state index in [2.05, 4.69) is 39.7 Å². The van der Waals surface area contributed by atoms with Crippen LogP contribution < -0.4 is 10.5 Å². The average Bonchev–Trinajstić information content (AvgIpc) is 3.37. The highest BCUT2D eigenvalue weighted by atomic mass is 16.6. The normalized spacial score (nSPS) is 16.5. The first-order valence-electron chi connectivity index (χ1n) is 13.3. The van der Waals surface area contributed by atoms with Crippen molar-refractivity contribution in [2.75, 3.05) is 19.6 Å². The number of benzene rings is 2. The molecule has 9 nitrogen and oxygen atoms in total. The average molecular weight is 517 g/mol. The van der Waals surface area contributed by atoms with Gasteiger partial charge in [0.1, 0.15) is 17.0 Å². The van der Waals surface area contributed by atoms with Gasteiger partial charge in [0, 0.05) is 37.1 Å². The number of fused-ring (bicyclic) bond motifs is 1. The summed E-state index contributed by atoms with van der Waals surface area (Å²) in [6.07, 6.45) is 5.22. The largest absolute Gasteiger partial charge is 0.482 e. The van der Waals surface area contributed by atoms with Crippen molar-refractivity contribution < 1.29 is 14.3 Å². The van der Waals surface area contributed by atoms with E-state index >= 15 is 0 Å². The Balaban J connectivity index is 1.36. The number of aryl methyl sites for hydroxylation is 1. The van der Waals surface area contributed by atoms with E-state index in [0.29, 0.717) is 44.8 Å². The second kappa shape index (κ2) is 10.6. The van der Waals surface area contributed by atoms with Crippen molar-refractivity contribution >= 4 is 11.7 Å². The molecule has 3 heterocycles. The fourth-order valence-electron chi connectivity index (χ4n) is 4.90. The van der Waals surface area contributed by atoms with E-state index in [1.807, 2.05) is 51.1 Å². The topological polar surface area (TPSA) is 108 Å². The number of nitrogens with two attached hydrogens (primary N) is 1. The number of unbranched alkanes of at least 4 members (excludes halogenated alkanes) is 1. The number of hydrogen-bond acceptors (Lipinski definition) is 7. The maximum Gasteiger partial charge on any atom is 0.410 e. The number of nitrogens with zero attached hydrogens (tertiary/aromatic N) is 5. The Morgan fingerprint density at radius 3 is 2.47 bits per heavy atom. The maximum atomic E-state index is 12.6. The van der Waals surface area contributed by atoms with Crippen LogP contribution >= 0.6 is 0 Å². The molecule has 2 aliphatic heterocycles. The molecule has 200 valence electrons. The molecule has 1 amide bonds. The summed E-state index contributed by atoms with van der Waals surface area (Å²) in [5.41, 5.74) is 8.78. The zero-order valence-electron chi connectivity index (χ0n) is 22.4. The molecular formula is C29H36N6O3. The predicted octanol–water partition coefficient (Wildman–Crippen LogP) is 4.67. The fraction of sp³-hybridized carbons (Fsp3) is 0.448. The van der Waals surface area contributed by atoms with E-state index in [9.17, 15) is 4.79 Å². The molecule has 2 N–H and O–H groups in total. The molecule has 38 heavy (non-hydrogen) atoms. The maximum absolute atomic E-state index is 12.6. The lowest BCUT2D eigenvalue weighted by Gasteiger charge is -2.43. The zero-order chi connectivity index (χ0) is 26.8. The van der Waals surface area contributed by atoms with Gasteiger partial charge in [0.25, 0.3) is 0 Å². The molecule has 2 aliphatic rings. The Hall–Kier alpha value is -3.72. The molecule has 1 aromatic heterocycles. The third kappa shape index (κ3) is 5.72. The summed E-state index contributed by atoms with van der Waals surface area (Å²) < 4.78 is 12.2. The van der Waals surface area contributed by atoms with Crippen LogP contribution in [-0.4, -0.2) is 62.0 Å². The lowest BCUT2D eigenvalue weighted by atomic mass is 9.83. The molecule has 3 aromatic rings. The van der Waals surface area contributed by atoms with Crippen LogP contribution in [0.5, 0.6) is 5.75 Å². The number of aromatic nitrogens is 4. The number of likely N-dealkylation sites (tertiary alicyclic amines) is 1. The lowest BCUT2D eigenvalue weighted by Crippen LogP contribution is -2.50. The molecule has 0 atom stereocenters. The van der Waals surface area contributed by atoms with E-state index in [-0.39, 0.29) is 6.09 Å². The molecule has 5 rings (SSSR count). The summed E-state index contributed by atoms with van der Waals surface area (Å²) in [7, 11) is 0. The number of rotatable bonds is 6. The number of amides is 1. The molecule has 0 radical (unpaired) electrons. The molecule has 0 unspecified atom stereocenters. The van der Waals surface area contributed by atoms with Gasteiger partial charge in [0.05, 0.1) is 6.54 Å². The Morgan fingerprint density at radius 2 is 1.76 bits per heavy atom. The van der Waals surface area contributed by atoms with Crippen molar-refractivity contribution in [3.05, 3.63) is 65.7 Å². The Bertz CT molecular complexity index is 1300. The highest BCUT2D eigenvalue weighted by Crippen LogP contribution is 2.43. The van der Waals surface area contributed by atoms with Crippen LogP contribution in [0, 0.1) is 0 Å². The van der Waals surface area contributed by atoms with Crippen molar-refractivity contribution in [2.45, 2.75) is 64.2 Å². The van der Waals surface area contributed by atoms with Gasteiger partial charge in [-0.2, -0.15) is 4.80 Å². The van der Waals surface area contributed by atoms with Crippen LogP contribution in [0.25, 0.3) is 17.0 Å². The number of hydrogen-bond donors (Lipinski definition) is 1. The van der Waals surface area contributed by atoms with Crippen LogP contribution in [0.2, 0.25) is 0 Å². The molecule has 0 saturated carbocycles. The molecular weight excluding hydrogens is 480 g/mol. The second-order valence-corrected chi connectivity index (χ2v) is 11.0. The number of carbonyl (C=O) groups excluding carboxylic acids is 1. The minimum absolute atomic E-state index is 0.270. The van der Waals surface area contributed by atoms with Crippen molar-refractivity contribution in [3.63, 3.8) is 0 Å².